The Kier molecular flexibility index (Phi) is 7.43. The number of hydrogen-bond donors (Lipinski definition) is 2. The average molecular weight is 437 g/mol. The lowest BCUT2D eigenvalue weighted by atomic mass is 9.96. The van der Waals surface area contributed by atoms with Crippen LogP contribution in [0.3, 0.4) is 0 Å². The smallest absolute Gasteiger partial charge is 0.341 e. The first kappa shape index (κ1) is 22.9. The lowest BCUT2D eigenvalue weighted by Crippen LogP contribution is -2.29. The van der Waals surface area contributed by atoms with Gasteiger partial charge in [0.15, 0.2) is 6.61 Å². The highest BCUT2D eigenvalue weighted by atomic mass is 35.5. The molecule has 0 fully saturated rings. The fourth-order valence-electron chi connectivity index (χ4n) is 2.34. The molecule has 1 aromatic carbocycles. The van der Waals surface area contributed by atoms with E-state index in [0.717, 1.165) is 16.0 Å². The molecule has 1 heterocycles. The monoisotopic (exact) mass is 436 g/mol. The summed E-state index contributed by atoms with van der Waals surface area (Å²) < 4.78 is 5.18. The number of hydrogen-bond acceptors (Lipinski definition) is 5. The molecule has 0 aliphatic rings. The molecule has 156 valence electrons. The van der Waals surface area contributed by atoms with Gasteiger partial charge in [0.25, 0.3) is 5.91 Å². The van der Waals surface area contributed by atoms with E-state index in [1.54, 1.807) is 45.9 Å². The van der Waals surface area contributed by atoms with Crippen molar-refractivity contribution in [3.05, 3.63) is 50.9 Å². The van der Waals surface area contributed by atoms with Crippen LogP contribution in [0, 0.1) is 19.3 Å². The molecule has 6 nitrogen and oxygen atoms in total. The van der Waals surface area contributed by atoms with Crippen LogP contribution in [0.5, 0.6) is 0 Å². The summed E-state index contributed by atoms with van der Waals surface area (Å²) in [7, 11) is 0. The number of esters is 1. The number of anilines is 1. The maximum atomic E-state index is 12.6. The van der Waals surface area contributed by atoms with Gasteiger partial charge in [0.05, 0.1) is 5.56 Å². The summed E-state index contributed by atoms with van der Waals surface area (Å²) in [4.78, 5) is 37.8. The van der Waals surface area contributed by atoms with Gasteiger partial charge in [-0.3, -0.25) is 9.59 Å². The molecule has 2 amide bonds. The van der Waals surface area contributed by atoms with E-state index < -0.39 is 23.9 Å². The molecule has 1 aromatic heterocycles. The van der Waals surface area contributed by atoms with Crippen LogP contribution in [0.1, 0.15) is 47.1 Å². The van der Waals surface area contributed by atoms with Gasteiger partial charge < -0.3 is 15.4 Å². The number of ether oxygens (including phenoxy) is 1. The lowest BCUT2D eigenvalue weighted by molar-refractivity contribution is -0.124. The highest BCUT2D eigenvalue weighted by molar-refractivity contribution is 7.16. The van der Waals surface area contributed by atoms with Crippen molar-refractivity contribution in [1.82, 2.24) is 5.32 Å². The summed E-state index contributed by atoms with van der Waals surface area (Å²) in [6.45, 7) is 8.82. The van der Waals surface area contributed by atoms with Crippen LogP contribution in [0.25, 0.3) is 0 Å². The van der Waals surface area contributed by atoms with Crippen molar-refractivity contribution in [3.8, 4) is 0 Å². The first-order chi connectivity index (χ1) is 13.5. The number of carbonyl (C=O) groups is 3. The quantitative estimate of drug-likeness (QED) is 0.654. The number of carbonyl (C=O) groups excluding carboxylic acids is 3. The minimum absolute atomic E-state index is 0.203. The third-order valence-electron chi connectivity index (χ3n) is 4.27. The topological polar surface area (TPSA) is 84.5 Å². The summed E-state index contributed by atoms with van der Waals surface area (Å²) in [5.41, 5.74) is 1.17. The molecule has 0 radical (unpaired) electrons. The molecule has 2 rings (SSSR count). The van der Waals surface area contributed by atoms with E-state index in [0.29, 0.717) is 10.0 Å². The van der Waals surface area contributed by atoms with Gasteiger partial charge in [0, 0.05) is 21.9 Å². The van der Waals surface area contributed by atoms with Crippen LogP contribution < -0.4 is 10.6 Å². The van der Waals surface area contributed by atoms with Crippen molar-refractivity contribution in [2.24, 2.45) is 5.41 Å². The van der Waals surface area contributed by atoms with Crippen LogP contribution in [0.4, 0.5) is 5.00 Å². The Labute approximate surface area is 179 Å². The van der Waals surface area contributed by atoms with Crippen molar-refractivity contribution >= 4 is 45.7 Å². The highest BCUT2D eigenvalue weighted by Crippen LogP contribution is 2.34. The van der Waals surface area contributed by atoms with E-state index in [4.69, 9.17) is 16.3 Å². The fourth-order valence-corrected chi connectivity index (χ4v) is 3.59. The summed E-state index contributed by atoms with van der Waals surface area (Å²) in [5.74, 6) is -1.29. The Morgan fingerprint density at radius 2 is 1.79 bits per heavy atom. The van der Waals surface area contributed by atoms with Gasteiger partial charge in [0.1, 0.15) is 5.00 Å². The standard InChI is InChI=1S/C21H25ClN2O4S/c1-12-13(2)29-18(24-20(27)21(3,4)5)17(12)19(26)28-11-16(25)23-10-14-8-6-7-9-15(14)22/h6-9H,10-11H2,1-5H3,(H,23,25)(H,24,27). The summed E-state index contributed by atoms with van der Waals surface area (Å²) in [5, 5.41) is 6.44. The van der Waals surface area contributed by atoms with Gasteiger partial charge in [-0.2, -0.15) is 0 Å². The van der Waals surface area contributed by atoms with Gasteiger partial charge in [-0.15, -0.1) is 11.3 Å². The Morgan fingerprint density at radius 3 is 2.41 bits per heavy atom. The van der Waals surface area contributed by atoms with Crippen molar-refractivity contribution in [3.63, 3.8) is 0 Å². The van der Waals surface area contributed by atoms with Crippen molar-refractivity contribution < 1.29 is 19.1 Å². The normalized spacial score (nSPS) is 11.1. The maximum absolute atomic E-state index is 12.6. The van der Waals surface area contributed by atoms with E-state index in [-0.39, 0.29) is 18.0 Å². The van der Waals surface area contributed by atoms with Gasteiger partial charge >= 0.3 is 5.97 Å². The van der Waals surface area contributed by atoms with Gasteiger partial charge in [-0.25, -0.2) is 4.79 Å². The molecule has 8 heteroatoms. The third kappa shape index (κ3) is 6.05. The van der Waals surface area contributed by atoms with E-state index in [1.807, 2.05) is 13.0 Å². The molecule has 2 aromatic rings. The van der Waals surface area contributed by atoms with Crippen LogP contribution >= 0.6 is 22.9 Å². The number of halogens is 1. The molecule has 0 saturated heterocycles. The molecule has 0 aliphatic carbocycles. The molecular formula is C21H25ClN2O4S. The number of rotatable bonds is 6. The summed E-state index contributed by atoms with van der Waals surface area (Å²) in [6.07, 6.45) is 0. The SMILES string of the molecule is Cc1sc(NC(=O)C(C)(C)C)c(C(=O)OCC(=O)NCc2ccccc2Cl)c1C. The lowest BCUT2D eigenvalue weighted by Gasteiger charge is -2.17. The zero-order valence-corrected chi connectivity index (χ0v) is 18.7. The van der Waals surface area contributed by atoms with Crippen molar-refractivity contribution in [2.75, 3.05) is 11.9 Å². The molecule has 0 unspecified atom stereocenters. The third-order valence-corrected chi connectivity index (χ3v) is 5.76. The number of nitrogens with one attached hydrogen (secondary N) is 2. The minimum atomic E-state index is -0.649. The number of benzene rings is 1. The van der Waals surface area contributed by atoms with Crippen LogP contribution in [-0.2, 0) is 20.9 Å². The molecule has 29 heavy (non-hydrogen) atoms. The Morgan fingerprint density at radius 1 is 1.14 bits per heavy atom. The molecule has 0 saturated carbocycles. The molecule has 0 bridgehead atoms. The zero-order valence-electron chi connectivity index (χ0n) is 17.1. The van der Waals surface area contributed by atoms with Crippen LogP contribution in [-0.4, -0.2) is 24.4 Å². The van der Waals surface area contributed by atoms with E-state index in [2.05, 4.69) is 10.6 Å². The Balaban J connectivity index is 2.00. The molecule has 2 N–H and O–H groups in total. The molecule has 0 aliphatic heterocycles. The second kappa shape index (κ2) is 9.41. The minimum Gasteiger partial charge on any atom is -0.452 e. The largest absolute Gasteiger partial charge is 0.452 e. The van der Waals surface area contributed by atoms with Gasteiger partial charge in [0.2, 0.25) is 5.91 Å². The Bertz CT molecular complexity index is 931. The molecule has 0 spiro atoms. The Hall–Kier alpha value is -2.38. The molecular weight excluding hydrogens is 412 g/mol. The van der Waals surface area contributed by atoms with Crippen LogP contribution in [0.2, 0.25) is 5.02 Å². The van der Waals surface area contributed by atoms with Crippen molar-refractivity contribution in [2.45, 2.75) is 41.2 Å². The van der Waals surface area contributed by atoms with E-state index >= 15 is 0 Å². The maximum Gasteiger partial charge on any atom is 0.341 e. The zero-order chi connectivity index (χ0) is 21.8. The number of aryl methyl sites for hydroxylation is 1. The van der Waals surface area contributed by atoms with E-state index in [1.165, 1.54) is 11.3 Å². The highest BCUT2D eigenvalue weighted by Gasteiger charge is 2.27. The average Bonchev–Trinajstić information content (AvgIpc) is 2.92. The molecule has 0 atom stereocenters. The second-order valence-corrected chi connectivity index (χ2v) is 9.27. The first-order valence-corrected chi connectivity index (χ1v) is 10.3. The summed E-state index contributed by atoms with van der Waals surface area (Å²) in [6, 6.07) is 7.16. The predicted molar refractivity (Wildman–Crippen MR) is 115 cm³/mol. The van der Waals surface area contributed by atoms with Crippen LogP contribution in [0.15, 0.2) is 24.3 Å². The summed E-state index contributed by atoms with van der Waals surface area (Å²) >= 11 is 7.37. The predicted octanol–water partition coefficient (Wildman–Crippen LogP) is 4.48. The van der Waals surface area contributed by atoms with Gasteiger partial charge in [-0.05, 0) is 31.0 Å². The fraction of sp³-hybridized carbons (Fsp3) is 0.381. The van der Waals surface area contributed by atoms with E-state index in [9.17, 15) is 14.4 Å². The first-order valence-electron chi connectivity index (χ1n) is 9.09. The van der Waals surface area contributed by atoms with Crippen molar-refractivity contribution in [1.29, 1.82) is 0 Å². The second-order valence-electron chi connectivity index (χ2n) is 7.64. The number of thiophene rings is 1. The number of amides is 2. The van der Waals surface area contributed by atoms with Gasteiger partial charge in [-0.1, -0.05) is 50.6 Å².